The number of aryl methyl sites for hydroxylation is 3. The second-order valence-electron chi connectivity index (χ2n) is 9.97. The van der Waals surface area contributed by atoms with Gasteiger partial charge in [0.1, 0.15) is 0 Å². The smallest absolute Gasteiger partial charge is 0.253 e. The molecule has 2 amide bonds. The predicted molar refractivity (Wildman–Crippen MR) is 134 cm³/mol. The molecule has 0 N–H and O–H groups in total. The maximum atomic E-state index is 13.3. The Labute approximate surface area is 207 Å². The number of piperidine rings is 1. The van der Waals surface area contributed by atoms with Gasteiger partial charge in [-0.2, -0.15) is 4.31 Å². The second-order valence-corrected chi connectivity index (χ2v) is 11.9. The van der Waals surface area contributed by atoms with Crippen LogP contribution in [-0.2, 0) is 27.7 Å². The number of nitrogens with zero attached hydrogens (tertiary/aromatic N) is 3. The van der Waals surface area contributed by atoms with Gasteiger partial charge < -0.3 is 9.80 Å². The number of hydrogen-bond acceptors (Lipinski definition) is 4. The molecule has 0 bridgehead atoms. The van der Waals surface area contributed by atoms with E-state index < -0.39 is 10.0 Å². The zero-order valence-electron chi connectivity index (χ0n) is 20.3. The molecule has 2 saturated heterocycles. The van der Waals surface area contributed by atoms with Crippen LogP contribution in [0.25, 0.3) is 0 Å². The van der Waals surface area contributed by atoms with Gasteiger partial charge in [-0.05, 0) is 74.4 Å². The number of sulfonamides is 1. The normalized spacial score (nSPS) is 21.1. The van der Waals surface area contributed by atoms with Crippen molar-refractivity contribution in [3.8, 4) is 0 Å². The molecular weight excluding hydrogens is 462 g/mol. The number of hydrogen-bond donors (Lipinski definition) is 0. The molecule has 1 aliphatic carbocycles. The van der Waals surface area contributed by atoms with Gasteiger partial charge in [0.05, 0.1) is 10.8 Å². The van der Waals surface area contributed by atoms with Crippen LogP contribution in [0.1, 0.15) is 46.3 Å². The van der Waals surface area contributed by atoms with Crippen molar-refractivity contribution in [3.63, 3.8) is 0 Å². The highest BCUT2D eigenvalue weighted by Crippen LogP contribution is 2.27. The van der Waals surface area contributed by atoms with Gasteiger partial charge in [-0.25, -0.2) is 8.42 Å². The molecule has 0 aromatic heterocycles. The molecule has 2 fully saturated rings. The molecule has 2 aromatic carbocycles. The minimum atomic E-state index is -3.57. The number of amides is 2. The molecule has 2 aromatic rings. The summed E-state index contributed by atoms with van der Waals surface area (Å²) in [5.41, 5.74) is 4.14. The molecule has 0 radical (unpaired) electrons. The van der Waals surface area contributed by atoms with Gasteiger partial charge in [0, 0.05) is 44.8 Å². The van der Waals surface area contributed by atoms with Crippen LogP contribution in [0.2, 0.25) is 0 Å². The highest BCUT2D eigenvalue weighted by molar-refractivity contribution is 7.89. The molecule has 186 valence electrons. The van der Waals surface area contributed by atoms with E-state index in [1.807, 2.05) is 43.3 Å². The Balaban J connectivity index is 1.19. The first-order chi connectivity index (χ1) is 16.8. The Hall–Kier alpha value is -2.71. The van der Waals surface area contributed by atoms with Crippen molar-refractivity contribution in [2.75, 3.05) is 39.3 Å². The fraction of sp³-hybridized carbons (Fsp3) is 0.481. The van der Waals surface area contributed by atoms with Gasteiger partial charge in [0.2, 0.25) is 15.9 Å². The van der Waals surface area contributed by atoms with Crippen LogP contribution in [0, 0.1) is 12.8 Å². The molecule has 0 saturated carbocycles. The van der Waals surface area contributed by atoms with Crippen molar-refractivity contribution in [1.29, 1.82) is 0 Å². The maximum absolute atomic E-state index is 13.3. The van der Waals surface area contributed by atoms with Crippen LogP contribution in [0.3, 0.4) is 0 Å². The van der Waals surface area contributed by atoms with Crippen molar-refractivity contribution in [2.24, 2.45) is 5.92 Å². The molecule has 8 heteroatoms. The largest absolute Gasteiger partial charge is 0.340 e. The Kier molecular flexibility index (Phi) is 6.68. The van der Waals surface area contributed by atoms with Crippen LogP contribution >= 0.6 is 0 Å². The number of rotatable bonds is 4. The molecule has 3 aliphatic rings. The third kappa shape index (κ3) is 4.86. The van der Waals surface area contributed by atoms with E-state index in [0.29, 0.717) is 49.7 Å². The first-order valence-electron chi connectivity index (χ1n) is 12.6. The van der Waals surface area contributed by atoms with Crippen molar-refractivity contribution >= 4 is 21.8 Å². The number of carbonyl (C=O) groups is 2. The molecule has 2 aliphatic heterocycles. The van der Waals surface area contributed by atoms with E-state index in [4.69, 9.17) is 0 Å². The van der Waals surface area contributed by atoms with Crippen LogP contribution in [-0.4, -0.2) is 73.6 Å². The quantitative estimate of drug-likeness (QED) is 0.654. The average Bonchev–Trinajstić information content (AvgIpc) is 3.36. The summed E-state index contributed by atoms with van der Waals surface area (Å²) in [7, 11) is -3.57. The SMILES string of the molecule is Cc1ccc(C(=O)N2CCCC(C(=O)N3CCN(S(=O)(=O)c4ccc5c(c4)CCC5)CC3)C2)cc1. The van der Waals surface area contributed by atoms with E-state index in [-0.39, 0.29) is 17.7 Å². The Bertz CT molecular complexity index is 1220. The molecule has 1 unspecified atom stereocenters. The monoisotopic (exact) mass is 495 g/mol. The van der Waals surface area contributed by atoms with Gasteiger partial charge in [-0.1, -0.05) is 23.8 Å². The number of likely N-dealkylation sites (tertiary alicyclic amines) is 1. The number of carbonyl (C=O) groups excluding carboxylic acids is 2. The lowest BCUT2D eigenvalue weighted by Gasteiger charge is -2.38. The van der Waals surface area contributed by atoms with Crippen molar-refractivity contribution in [3.05, 3.63) is 64.7 Å². The van der Waals surface area contributed by atoms with Crippen molar-refractivity contribution in [2.45, 2.75) is 43.9 Å². The van der Waals surface area contributed by atoms with Gasteiger partial charge in [0.25, 0.3) is 5.91 Å². The predicted octanol–water partition coefficient (Wildman–Crippen LogP) is 2.87. The fourth-order valence-corrected chi connectivity index (χ4v) is 6.98. The molecule has 1 atom stereocenters. The lowest BCUT2D eigenvalue weighted by atomic mass is 9.95. The highest BCUT2D eigenvalue weighted by Gasteiger charge is 2.35. The lowest BCUT2D eigenvalue weighted by Crippen LogP contribution is -2.54. The van der Waals surface area contributed by atoms with E-state index in [0.717, 1.165) is 43.2 Å². The van der Waals surface area contributed by atoms with Gasteiger partial charge in [-0.15, -0.1) is 0 Å². The van der Waals surface area contributed by atoms with Gasteiger partial charge >= 0.3 is 0 Å². The van der Waals surface area contributed by atoms with Crippen LogP contribution < -0.4 is 0 Å². The van der Waals surface area contributed by atoms with Crippen molar-refractivity contribution in [1.82, 2.24) is 14.1 Å². The molecular formula is C27H33N3O4S. The van der Waals surface area contributed by atoms with E-state index in [1.165, 1.54) is 9.87 Å². The number of piperazine rings is 1. The summed E-state index contributed by atoms with van der Waals surface area (Å²) in [5.74, 6) is -0.244. The Morgan fingerprint density at radius 2 is 1.54 bits per heavy atom. The minimum Gasteiger partial charge on any atom is -0.340 e. The molecule has 35 heavy (non-hydrogen) atoms. The lowest BCUT2D eigenvalue weighted by molar-refractivity contribution is -0.138. The van der Waals surface area contributed by atoms with E-state index in [9.17, 15) is 18.0 Å². The highest BCUT2D eigenvalue weighted by atomic mass is 32.2. The first-order valence-corrected chi connectivity index (χ1v) is 14.0. The molecule has 7 nitrogen and oxygen atoms in total. The zero-order chi connectivity index (χ0) is 24.6. The minimum absolute atomic E-state index is 0.0287. The standard InChI is InChI=1S/C27H33N3O4S/c1-20-7-9-22(10-8-20)26(31)29-13-3-6-24(19-29)27(32)28-14-16-30(17-15-28)35(33,34)25-12-11-21-4-2-5-23(21)18-25/h7-12,18,24H,2-6,13-17,19H2,1H3. The van der Waals surface area contributed by atoms with Gasteiger partial charge in [-0.3, -0.25) is 9.59 Å². The summed E-state index contributed by atoms with van der Waals surface area (Å²) in [6, 6.07) is 13.0. The third-order valence-corrected chi connectivity index (χ3v) is 9.51. The number of fused-ring (bicyclic) bond motifs is 1. The van der Waals surface area contributed by atoms with Crippen molar-refractivity contribution < 1.29 is 18.0 Å². The second kappa shape index (κ2) is 9.74. The van der Waals surface area contributed by atoms with Crippen LogP contribution in [0.5, 0.6) is 0 Å². The topological polar surface area (TPSA) is 78.0 Å². The fourth-order valence-electron chi connectivity index (χ4n) is 5.51. The van der Waals surface area contributed by atoms with Crippen LogP contribution in [0.15, 0.2) is 47.4 Å². The summed E-state index contributed by atoms with van der Waals surface area (Å²) in [4.78, 5) is 30.1. The summed E-state index contributed by atoms with van der Waals surface area (Å²) < 4.78 is 27.9. The molecule has 0 spiro atoms. The zero-order valence-corrected chi connectivity index (χ0v) is 21.1. The molecule has 5 rings (SSSR count). The van der Waals surface area contributed by atoms with E-state index in [2.05, 4.69) is 0 Å². The Morgan fingerprint density at radius 1 is 0.829 bits per heavy atom. The van der Waals surface area contributed by atoms with E-state index in [1.54, 1.807) is 15.9 Å². The van der Waals surface area contributed by atoms with Gasteiger partial charge in [0.15, 0.2) is 0 Å². The summed E-state index contributed by atoms with van der Waals surface area (Å²) in [5, 5.41) is 0. The van der Waals surface area contributed by atoms with Crippen LogP contribution in [0.4, 0.5) is 0 Å². The third-order valence-electron chi connectivity index (χ3n) is 7.61. The summed E-state index contributed by atoms with van der Waals surface area (Å²) in [6.45, 7) is 4.41. The maximum Gasteiger partial charge on any atom is 0.253 e. The summed E-state index contributed by atoms with van der Waals surface area (Å²) in [6.07, 6.45) is 4.58. The average molecular weight is 496 g/mol. The first kappa shape index (κ1) is 24.0. The Morgan fingerprint density at radius 3 is 2.29 bits per heavy atom. The number of benzene rings is 2. The molecule has 2 heterocycles. The van der Waals surface area contributed by atoms with E-state index >= 15 is 0 Å². The summed E-state index contributed by atoms with van der Waals surface area (Å²) >= 11 is 0.